The lowest BCUT2D eigenvalue weighted by molar-refractivity contribution is 0.707. The lowest BCUT2D eigenvalue weighted by Gasteiger charge is -2.52. The Morgan fingerprint density at radius 3 is 1.53 bits per heavy atom. The Labute approximate surface area is 368 Å². The summed E-state index contributed by atoms with van der Waals surface area (Å²) >= 11 is 1.90. The molecular formula is C59H41NSSi. The van der Waals surface area contributed by atoms with Crippen LogP contribution in [0, 0.1) is 0 Å². The summed E-state index contributed by atoms with van der Waals surface area (Å²) in [5, 5.41) is 8.15. The van der Waals surface area contributed by atoms with Crippen LogP contribution in [0.3, 0.4) is 0 Å². The molecule has 0 aliphatic carbocycles. The van der Waals surface area contributed by atoms with E-state index in [9.17, 15) is 0 Å². The van der Waals surface area contributed by atoms with Crippen molar-refractivity contribution in [1.29, 1.82) is 0 Å². The lowest BCUT2D eigenvalue weighted by atomic mass is 9.64. The summed E-state index contributed by atoms with van der Waals surface area (Å²) in [5.41, 5.74) is 10.6. The van der Waals surface area contributed by atoms with E-state index in [2.05, 4.69) is 254 Å². The van der Waals surface area contributed by atoms with Gasteiger partial charge in [-0.1, -0.05) is 212 Å². The Bertz CT molecular complexity index is 3180. The van der Waals surface area contributed by atoms with Crippen molar-refractivity contribution in [2.75, 3.05) is 4.90 Å². The fourth-order valence-corrected chi connectivity index (χ4v) is 17.2. The molecule has 62 heavy (non-hydrogen) atoms. The van der Waals surface area contributed by atoms with Crippen molar-refractivity contribution in [2.45, 2.75) is 15.2 Å². The average Bonchev–Trinajstić information content (AvgIpc) is 3.35. The van der Waals surface area contributed by atoms with E-state index in [1.54, 1.807) is 0 Å². The second kappa shape index (κ2) is 14.8. The van der Waals surface area contributed by atoms with Gasteiger partial charge in [-0.05, 0) is 113 Å². The quantitative estimate of drug-likeness (QED) is 0.154. The van der Waals surface area contributed by atoms with Gasteiger partial charge in [0.2, 0.25) is 0 Å². The first-order valence-corrected chi connectivity index (χ1v) is 24.2. The zero-order valence-electron chi connectivity index (χ0n) is 34.0. The number of benzene rings is 10. The van der Waals surface area contributed by atoms with Gasteiger partial charge in [0.25, 0.3) is 0 Å². The molecular weight excluding hydrogens is 783 g/mol. The Morgan fingerprint density at radius 2 is 0.855 bits per heavy atom. The molecule has 0 fully saturated rings. The van der Waals surface area contributed by atoms with Crippen molar-refractivity contribution in [3.05, 3.63) is 271 Å². The Kier molecular flexibility index (Phi) is 8.74. The number of nitrogens with zero attached hydrogens (tertiary/aromatic N) is 1. The first-order chi connectivity index (χ1) is 30.8. The third-order valence-electron chi connectivity index (χ3n) is 13.3. The van der Waals surface area contributed by atoms with Crippen LogP contribution < -0.4 is 25.6 Å². The van der Waals surface area contributed by atoms with Crippen LogP contribution in [0.4, 0.5) is 17.1 Å². The molecule has 2 aliphatic heterocycles. The molecule has 2 heterocycles. The molecule has 10 aromatic rings. The maximum Gasteiger partial charge on any atom is 0.180 e. The van der Waals surface area contributed by atoms with E-state index in [0.717, 1.165) is 17.1 Å². The van der Waals surface area contributed by atoms with E-state index in [0.29, 0.717) is 0 Å². The van der Waals surface area contributed by atoms with Crippen LogP contribution in [-0.4, -0.2) is 8.07 Å². The lowest BCUT2D eigenvalue weighted by Crippen LogP contribution is -2.79. The Balaban J connectivity index is 1.18. The van der Waals surface area contributed by atoms with Gasteiger partial charge in [0.05, 0.1) is 5.41 Å². The van der Waals surface area contributed by atoms with Crippen molar-refractivity contribution < 1.29 is 0 Å². The van der Waals surface area contributed by atoms with Gasteiger partial charge in [0.15, 0.2) is 8.07 Å². The van der Waals surface area contributed by atoms with Crippen molar-refractivity contribution in [3.63, 3.8) is 0 Å². The Hall–Kier alpha value is -7.17. The molecule has 0 atom stereocenters. The van der Waals surface area contributed by atoms with Gasteiger partial charge in [0.1, 0.15) is 0 Å². The molecule has 12 rings (SSSR count). The smallest absolute Gasteiger partial charge is 0.180 e. The highest BCUT2D eigenvalue weighted by atomic mass is 32.2. The minimum absolute atomic E-state index is 0.582. The SMILES string of the molecule is c1ccc(N(c2ccc(-c3cccc4ccccc34)cc2)c2ccc3c(c2)C2(c4ccccc4Sc4ccccc42)c2ccccc2[Si]3(c2ccccc2)c2ccccc2)cc1. The summed E-state index contributed by atoms with van der Waals surface area (Å²) < 4.78 is 0. The summed E-state index contributed by atoms with van der Waals surface area (Å²) in [6, 6.07) is 93.3. The van der Waals surface area contributed by atoms with Crippen molar-refractivity contribution in [3.8, 4) is 11.1 Å². The predicted molar refractivity (Wildman–Crippen MR) is 264 cm³/mol. The second-order valence-corrected chi connectivity index (χ2v) is 21.2. The highest BCUT2D eigenvalue weighted by Crippen LogP contribution is 2.57. The van der Waals surface area contributed by atoms with Gasteiger partial charge in [-0.25, -0.2) is 0 Å². The number of anilines is 3. The number of fused-ring (bicyclic) bond motifs is 9. The number of rotatable bonds is 6. The fraction of sp³-hybridized carbons (Fsp3) is 0.0169. The third-order valence-corrected chi connectivity index (χ3v) is 19.3. The van der Waals surface area contributed by atoms with Crippen molar-refractivity contribution in [1.82, 2.24) is 0 Å². The fourth-order valence-electron chi connectivity index (χ4n) is 10.8. The molecule has 0 unspecified atom stereocenters. The van der Waals surface area contributed by atoms with Gasteiger partial charge in [0, 0.05) is 26.9 Å². The van der Waals surface area contributed by atoms with Crippen LogP contribution >= 0.6 is 11.8 Å². The molecule has 0 saturated heterocycles. The normalized spacial score (nSPS) is 14.0. The topological polar surface area (TPSA) is 3.24 Å². The first kappa shape index (κ1) is 36.7. The van der Waals surface area contributed by atoms with Crippen LogP contribution in [-0.2, 0) is 5.41 Å². The van der Waals surface area contributed by atoms with Gasteiger partial charge >= 0.3 is 0 Å². The summed E-state index contributed by atoms with van der Waals surface area (Å²) in [7, 11) is -2.94. The van der Waals surface area contributed by atoms with Crippen LogP contribution in [0.1, 0.15) is 22.3 Å². The molecule has 1 nitrogen and oxygen atoms in total. The van der Waals surface area contributed by atoms with Crippen LogP contribution in [0.15, 0.2) is 259 Å². The molecule has 0 radical (unpaired) electrons. The average molecular weight is 824 g/mol. The standard InChI is InChI=1S/C59H41NSSi/c1-4-21-44(22-5-1)60(45-37-35-43(36-38-45)50-28-18-20-42-19-10-11-27-49(42)50)46-39-40-58-54(41-46)59(51-29-12-15-32-55(51)61-56-33-16-13-30-52(56)59)53-31-14-17-34-57(53)62(58,47-23-6-2-7-24-47)48-25-8-3-9-26-48/h1-41H. The minimum atomic E-state index is -2.94. The zero-order valence-corrected chi connectivity index (χ0v) is 35.8. The van der Waals surface area contributed by atoms with Crippen molar-refractivity contribution in [2.24, 2.45) is 0 Å². The Morgan fingerprint density at radius 1 is 0.355 bits per heavy atom. The minimum Gasteiger partial charge on any atom is -0.310 e. The molecule has 0 saturated carbocycles. The van der Waals surface area contributed by atoms with Crippen LogP contribution in [0.2, 0.25) is 0 Å². The van der Waals surface area contributed by atoms with E-state index in [1.165, 1.54) is 74.7 Å². The molecule has 2 aliphatic rings. The van der Waals surface area contributed by atoms with Gasteiger partial charge < -0.3 is 4.90 Å². The van der Waals surface area contributed by atoms with Gasteiger partial charge in [-0.3, -0.25) is 0 Å². The summed E-state index contributed by atoms with van der Waals surface area (Å²) in [6.45, 7) is 0. The van der Waals surface area contributed by atoms with E-state index in [-0.39, 0.29) is 0 Å². The van der Waals surface area contributed by atoms with E-state index < -0.39 is 13.5 Å². The van der Waals surface area contributed by atoms with Gasteiger partial charge in [-0.15, -0.1) is 0 Å². The molecule has 0 amide bonds. The highest BCUT2D eigenvalue weighted by molar-refractivity contribution is 7.99. The van der Waals surface area contributed by atoms with Crippen molar-refractivity contribution >= 4 is 68.4 Å². The van der Waals surface area contributed by atoms with Crippen LogP contribution in [0.25, 0.3) is 21.9 Å². The number of para-hydroxylation sites is 1. The highest BCUT2D eigenvalue weighted by Gasteiger charge is 2.57. The summed E-state index contributed by atoms with van der Waals surface area (Å²) in [5.74, 6) is 0. The van der Waals surface area contributed by atoms with E-state index in [1.807, 2.05) is 11.8 Å². The summed E-state index contributed by atoms with van der Waals surface area (Å²) in [6.07, 6.45) is 0. The third kappa shape index (κ3) is 5.42. The largest absolute Gasteiger partial charge is 0.310 e. The zero-order chi connectivity index (χ0) is 41.1. The monoisotopic (exact) mass is 823 g/mol. The number of hydrogen-bond acceptors (Lipinski definition) is 2. The molecule has 0 bridgehead atoms. The van der Waals surface area contributed by atoms with Gasteiger partial charge in [-0.2, -0.15) is 0 Å². The maximum atomic E-state index is 2.56. The summed E-state index contributed by atoms with van der Waals surface area (Å²) in [4.78, 5) is 5.05. The van der Waals surface area contributed by atoms with Crippen LogP contribution in [0.5, 0.6) is 0 Å². The van der Waals surface area contributed by atoms with E-state index >= 15 is 0 Å². The molecule has 10 aromatic carbocycles. The molecule has 1 spiro atoms. The number of hydrogen-bond donors (Lipinski definition) is 0. The molecule has 292 valence electrons. The predicted octanol–water partition coefficient (Wildman–Crippen LogP) is 12.5. The van der Waals surface area contributed by atoms with E-state index in [4.69, 9.17) is 0 Å². The molecule has 0 aromatic heterocycles. The maximum absolute atomic E-state index is 2.94. The molecule has 3 heteroatoms. The molecule has 0 N–H and O–H groups in total. The first-order valence-electron chi connectivity index (χ1n) is 21.4. The second-order valence-electron chi connectivity index (χ2n) is 16.3.